The average molecular weight is 328 g/mol. The first-order valence-electron chi connectivity index (χ1n) is 8.97. The fourth-order valence-corrected chi connectivity index (χ4v) is 3.32. The van der Waals surface area contributed by atoms with Crippen LogP contribution in [0.1, 0.15) is 44.7 Å². The lowest BCUT2D eigenvalue weighted by atomic mass is 9.98. The van der Waals surface area contributed by atoms with Crippen molar-refractivity contribution in [2.75, 3.05) is 13.1 Å². The largest absolute Gasteiger partial charge is 0.505 e. The second-order valence-electron chi connectivity index (χ2n) is 7.26. The summed E-state index contributed by atoms with van der Waals surface area (Å²) in [6.45, 7) is 9.91. The third-order valence-electron chi connectivity index (χ3n) is 4.87. The van der Waals surface area contributed by atoms with Crippen LogP contribution in [0.15, 0.2) is 24.4 Å². The minimum absolute atomic E-state index is 0.178. The Bertz CT molecular complexity index is 691. The summed E-state index contributed by atoms with van der Waals surface area (Å²) in [5, 5.41) is 11.7. The lowest BCUT2D eigenvalue weighted by Crippen LogP contribution is -2.32. The highest BCUT2D eigenvalue weighted by Crippen LogP contribution is 2.32. The molecule has 0 aliphatic carbocycles. The van der Waals surface area contributed by atoms with Gasteiger partial charge in [0.25, 0.3) is 0 Å². The van der Waals surface area contributed by atoms with Gasteiger partial charge in [0.15, 0.2) is 0 Å². The number of aromatic hydroxyl groups is 1. The number of pyridine rings is 1. The number of ether oxygens (including phenoxy) is 1. The molecule has 1 saturated heterocycles. The van der Waals surface area contributed by atoms with Crippen LogP contribution >= 0.6 is 0 Å². The van der Waals surface area contributed by atoms with E-state index in [4.69, 9.17) is 4.74 Å². The molecule has 1 aliphatic rings. The SMILES string of the molecule is CC1CCN(Cc2cc(COC(C)C)c3cccnc3c2O)CC1. The van der Waals surface area contributed by atoms with E-state index < -0.39 is 0 Å². The average Bonchev–Trinajstić information content (AvgIpc) is 2.58. The van der Waals surface area contributed by atoms with Crippen LogP contribution in [0.3, 0.4) is 0 Å². The molecule has 130 valence electrons. The highest BCUT2D eigenvalue weighted by molar-refractivity contribution is 5.88. The number of aromatic nitrogens is 1. The van der Waals surface area contributed by atoms with Gasteiger partial charge in [-0.25, -0.2) is 0 Å². The Morgan fingerprint density at radius 3 is 2.75 bits per heavy atom. The van der Waals surface area contributed by atoms with Crippen LogP contribution < -0.4 is 0 Å². The van der Waals surface area contributed by atoms with Gasteiger partial charge in [0.05, 0.1) is 12.7 Å². The maximum atomic E-state index is 10.7. The molecule has 0 unspecified atom stereocenters. The molecule has 1 aromatic carbocycles. The van der Waals surface area contributed by atoms with Crippen molar-refractivity contribution in [2.45, 2.75) is 52.9 Å². The molecule has 2 heterocycles. The number of hydrogen-bond donors (Lipinski definition) is 1. The molecule has 1 aromatic heterocycles. The maximum absolute atomic E-state index is 10.7. The first kappa shape index (κ1) is 17.2. The smallest absolute Gasteiger partial charge is 0.146 e. The number of phenolic OH excluding ortho intramolecular Hbond substituents is 1. The van der Waals surface area contributed by atoms with Gasteiger partial charge in [-0.05, 0) is 63.4 Å². The molecule has 4 heteroatoms. The van der Waals surface area contributed by atoms with Gasteiger partial charge >= 0.3 is 0 Å². The zero-order valence-electron chi connectivity index (χ0n) is 15.0. The Balaban J connectivity index is 1.90. The Hall–Kier alpha value is -1.65. The third kappa shape index (κ3) is 3.87. The molecular weight excluding hydrogens is 300 g/mol. The van der Waals surface area contributed by atoms with Gasteiger partial charge in [-0.3, -0.25) is 9.88 Å². The van der Waals surface area contributed by atoms with E-state index in [1.165, 1.54) is 12.8 Å². The molecule has 0 saturated carbocycles. The van der Waals surface area contributed by atoms with Crippen molar-refractivity contribution >= 4 is 10.9 Å². The monoisotopic (exact) mass is 328 g/mol. The number of benzene rings is 1. The van der Waals surface area contributed by atoms with Gasteiger partial charge < -0.3 is 9.84 Å². The number of piperidine rings is 1. The van der Waals surface area contributed by atoms with E-state index >= 15 is 0 Å². The number of phenols is 1. The second-order valence-corrected chi connectivity index (χ2v) is 7.26. The van der Waals surface area contributed by atoms with E-state index in [9.17, 15) is 5.11 Å². The molecule has 0 atom stereocenters. The summed E-state index contributed by atoms with van der Waals surface area (Å²) in [4.78, 5) is 6.84. The Morgan fingerprint density at radius 2 is 2.04 bits per heavy atom. The van der Waals surface area contributed by atoms with Crippen LogP contribution in [0.25, 0.3) is 10.9 Å². The van der Waals surface area contributed by atoms with E-state index in [1.807, 2.05) is 26.0 Å². The van der Waals surface area contributed by atoms with E-state index in [2.05, 4.69) is 22.9 Å². The number of fused-ring (bicyclic) bond motifs is 1. The van der Waals surface area contributed by atoms with Gasteiger partial charge in [-0.1, -0.05) is 13.0 Å². The fourth-order valence-electron chi connectivity index (χ4n) is 3.32. The minimum atomic E-state index is 0.178. The van der Waals surface area contributed by atoms with Gasteiger partial charge in [-0.15, -0.1) is 0 Å². The van der Waals surface area contributed by atoms with Crippen LogP contribution in [0.4, 0.5) is 0 Å². The molecule has 3 rings (SSSR count). The standard InChI is InChI=1S/C20H28N2O2/c1-14(2)24-13-17-11-16(12-22-9-6-15(3)7-10-22)20(23)19-18(17)5-4-8-21-19/h4-5,8,11,14-15,23H,6-7,9-10,12-13H2,1-3H3. The predicted octanol–water partition coefficient (Wildman–Crippen LogP) is 4.10. The molecule has 2 aromatic rings. The first-order chi connectivity index (χ1) is 11.5. The zero-order valence-corrected chi connectivity index (χ0v) is 15.0. The topological polar surface area (TPSA) is 45.6 Å². The van der Waals surface area contributed by atoms with E-state index in [1.54, 1.807) is 6.20 Å². The van der Waals surface area contributed by atoms with Gasteiger partial charge in [-0.2, -0.15) is 0 Å². The van der Waals surface area contributed by atoms with Crippen molar-refractivity contribution in [3.63, 3.8) is 0 Å². The highest BCUT2D eigenvalue weighted by atomic mass is 16.5. The first-order valence-corrected chi connectivity index (χ1v) is 8.97. The normalized spacial score (nSPS) is 17.0. The van der Waals surface area contributed by atoms with Gasteiger partial charge in [0, 0.05) is 23.7 Å². The lowest BCUT2D eigenvalue weighted by molar-refractivity contribution is 0.0663. The van der Waals surface area contributed by atoms with Crippen LogP contribution in [-0.4, -0.2) is 34.2 Å². The van der Waals surface area contributed by atoms with E-state index in [0.29, 0.717) is 17.9 Å². The fraction of sp³-hybridized carbons (Fsp3) is 0.550. The number of nitrogens with zero attached hydrogens (tertiary/aromatic N) is 2. The molecule has 0 amide bonds. The Labute approximate surface area is 144 Å². The van der Waals surface area contributed by atoms with Gasteiger partial charge in [0.2, 0.25) is 0 Å². The summed E-state index contributed by atoms with van der Waals surface area (Å²) in [5.74, 6) is 1.13. The zero-order chi connectivity index (χ0) is 17.1. The summed E-state index contributed by atoms with van der Waals surface area (Å²) >= 11 is 0. The molecular formula is C20H28N2O2. The molecule has 0 bridgehead atoms. The summed E-state index contributed by atoms with van der Waals surface area (Å²) in [6, 6.07) is 6.01. The van der Waals surface area contributed by atoms with Crippen molar-refractivity contribution in [1.29, 1.82) is 0 Å². The molecule has 1 N–H and O–H groups in total. The minimum Gasteiger partial charge on any atom is -0.505 e. The van der Waals surface area contributed by atoms with Crippen LogP contribution in [0.2, 0.25) is 0 Å². The van der Waals surface area contributed by atoms with Crippen LogP contribution in [0, 0.1) is 5.92 Å². The van der Waals surface area contributed by atoms with Crippen molar-refractivity contribution in [2.24, 2.45) is 5.92 Å². The van der Waals surface area contributed by atoms with Crippen LogP contribution in [0.5, 0.6) is 5.75 Å². The quantitative estimate of drug-likeness (QED) is 0.897. The second kappa shape index (κ2) is 7.49. The molecule has 4 nitrogen and oxygen atoms in total. The molecule has 1 fully saturated rings. The van der Waals surface area contributed by atoms with E-state index in [-0.39, 0.29) is 6.10 Å². The summed E-state index contributed by atoms with van der Waals surface area (Å²) in [5.41, 5.74) is 2.74. The van der Waals surface area contributed by atoms with Crippen molar-refractivity contribution in [3.05, 3.63) is 35.5 Å². The lowest BCUT2D eigenvalue weighted by Gasteiger charge is -2.30. The van der Waals surface area contributed by atoms with Gasteiger partial charge in [0.1, 0.15) is 11.3 Å². The third-order valence-corrected chi connectivity index (χ3v) is 4.87. The van der Waals surface area contributed by atoms with Crippen molar-refractivity contribution < 1.29 is 9.84 Å². The molecule has 1 aliphatic heterocycles. The highest BCUT2D eigenvalue weighted by Gasteiger charge is 2.19. The predicted molar refractivity (Wildman–Crippen MR) is 97.0 cm³/mol. The van der Waals surface area contributed by atoms with Crippen LogP contribution in [-0.2, 0) is 17.9 Å². The molecule has 0 radical (unpaired) electrons. The molecule has 0 spiro atoms. The molecule has 24 heavy (non-hydrogen) atoms. The Kier molecular flexibility index (Phi) is 5.36. The van der Waals surface area contributed by atoms with Crippen molar-refractivity contribution in [1.82, 2.24) is 9.88 Å². The number of rotatable bonds is 5. The van der Waals surface area contributed by atoms with Crippen molar-refractivity contribution in [3.8, 4) is 5.75 Å². The number of hydrogen-bond acceptors (Lipinski definition) is 4. The Morgan fingerprint density at radius 1 is 1.29 bits per heavy atom. The summed E-state index contributed by atoms with van der Waals surface area (Å²) in [7, 11) is 0. The van der Waals surface area contributed by atoms with E-state index in [0.717, 1.165) is 42.1 Å². The number of likely N-dealkylation sites (tertiary alicyclic amines) is 1. The maximum Gasteiger partial charge on any atom is 0.146 e. The summed E-state index contributed by atoms with van der Waals surface area (Å²) in [6.07, 6.45) is 4.38. The summed E-state index contributed by atoms with van der Waals surface area (Å²) < 4.78 is 5.81.